The van der Waals surface area contributed by atoms with Crippen molar-refractivity contribution in [1.29, 1.82) is 0 Å². The molecular formula is C76H108O28. The number of carbonyl (C=O) groups excluding carboxylic acids is 12. The number of hydrogen-bond donors (Lipinski definition) is 0. The van der Waals surface area contributed by atoms with Gasteiger partial charge in [0, 0.05) is 12.3 Å². The minimum atomic E-state index is -0.652. The molecule has 1 aliphatic carbocycles. The zero-order valence-corrected chi connectivity index (χ0v) is 63.0. The van der Waals surface area contributed by atoms with Crippen LogP contribution in [0.15, 0.2) is 0 Å². The minimum absolute atomic E-state index is 0.00369. The predicted octanol–water partition coefficient (Wildman–Crippen LogP) is 6.90. The molecule has 0 aromatic heterocycles. The van der Waals surface area contributed by atoms with Gasteiger partial charge in [0.05, 0.1) is 112 Å². The minimum Gasteiger partial charge on any atom is -0.465 e. The van der Waals surface area contributed by atoms with Crippen LogP contribution in [0.25, 0.3) is 0 Å². The summed E-state index contributed by atoms with van der Waals surface area (Å²) in [6.07, 6.45) is 4.41. The van der Waals surface area contributed by atoms with Crippen molar-refractivity contribution in [3.05, 3.63) is 0 Å². The number of ether oxygens (including phenoxy) is 16. The second-order valence-corrected chi connectivity index (χ2v) is 33.9. The van der Waals surface area contributed by atoms with Crippen molar-refractivity contribution in [2.24, 2.45) is 80.3 Å². The van der Waals surface area contributed by atoms with Crippen LogP contribution in [0.1, 0.15) is 194 Å². The third-order valence-electron chi connectivity index (χ3n) is 25.5. The highest BCUT2D eigenvalue weighted by molar-refractivity contribution is 5.86. The van der Waals surface area contributed by atoms with Gasteiger partial charge in [0.2, 0.25) is 0 Å². The highest BCUT2D eigenvalue weighted by atomic mass is 16.7. The molecule has 1 saturated carbocycles. The SMILES string of the molecule is CCC(C)(C)C(=O)OC(C)C1C2CC3C(=O)OC1C3O2.CCC(C)(C)C(=O)OCC(=O)OC1C2CC3C(=O)OC1C3O2.CCC(C)(C)C(=O)OCC1C2CC3C(=O)OC1C3O2.CCC(C)(C)C(=O)OCCC(=O)OC1C2CC3C(=O)OC1C3O2.CCC(C)(C)C(=O)OCCC1C2CC3C(=O)CC1C3O2. The normalized spacial score (nSPS) is 37.4. The zero-order valence-electron chi connectivity index (χ0n) is 63.0. The van der Waals surface area contributed by atoms with E-state index in [9.17, 15) is 57.5 Å². The van der Waals surface area contributed by atoms with Crippen molar-refractivity contribution in [2.45, 2.75) is 298 Å². The lowest BCUT2D eigenvalue weighted by Crippen LogP contribution is -2.42. The lowest BCUT2D eigenvalue weighted by Gasteiger charge is -2.30. The van der Waals surface area contributed by atoms with Crippen LogP contribution >= 0.6 is 0 Å². The quantitative estimate of drug-likeness (QED) is 0.0700. The van der Waals surface area contributed by atoms with Gasteiger partial charge >= 0.3 is 65.7 Å². The van der Waals surface area contributed by atoms with E-state index >= 15 is 0 Å². The molecule has 26 atom stereocenters. The summed E-state index contributed by atoms with van der Waals surface area (Å²) in [5.41, 5.74) is -2.55. The summed E-state index contributed by atoms with van der Waals surface area (Å²) in [7, 11) is 0. The third-order valence-corrected chi connectivity index (χ3v) is 25.5. The van der Waals surface area contributed by atoms with E-state index in [-0.39, 0.29) is 188 Å². The molecule has 580 valence electrons. The molecule has 0 spiro atoms. The maximum Gasteiger partial charge on any atom is 0.344 e. The Hall–Kier alpha value is -6.36. The van der Waals surface area contributed by atoms with Gasteiger partial charge in [-0.2, -0.15) is 0 Å². The van der Waals surface area contributed by atoms with E-state index in [2.05, 4.69) is 0 Å². The second kappa shape index (κ2) is 30.4. The summed E-state index contributed by atoms with van der Waals surface area (Å²) in [6.45, 7) is 30.3. The second-order valence-electron chi connectivity index (χ2n) is 33.9. The number of fused-ring (bicyclic) bond motifs is 5. The Bertz CT molecular complexity index is 3310. The largest absolute Gasteiger partial charge is 0.465 e. The maximum absolute atomic E-state index is 12.2. The molecule has 0 aromatic rings. The molecule has 10 bridgehead atoms. The van der Waals surface area contributed by atoms with Gasteiger partial charge < -0.3 is 75.8 Å². The van der Waals surface area contributed by atoms with E-state index in [0.717, 1.165) is 32.1 Å². The van der Waals surface area contributed by atoms with Crippen LogP contribution in [0.5, 0.6) is 0 Å². The molecule has 14 heterocycles. The molecule has 0 radical (unpaired) electrons. The van der Waals surface area contributed by atoms with Crippen LogP contribution in [0.3, 0.4) is 0 Å². The van der Waals surface area contributed by atoms with Crippen LogP contribution in [-0.2, 0) is 133 Å². The van der Waals surface area contributed by atoms with Crippen molar-refractivity contribution >= 4 is 71.4 Å². The van der Waals surface area contributed by atoms with Crippen molar-refractivity contribution < 1.29 is 133 Å². The Labute approximate surface area is 607 Å². The van der Waals surface area contributed by atoms with E-state index in [4.69, 9.17) is 75.8 Å². The van der Waals surface area contributed by atoms with E-state index in [1.54, 1.807) is 27.7 Å². The van der Waals surface area contributed by atoms with Gasteiger partial charge in [-0.3, -0.25) is 52.7 Å². The third kappa shape index (κ3) is 15.3. The summed E-state index contributed by atoms with van der Waals surface area (Å²) in [6, 6.07) is 0. The molecule has 14 aliphatic heterocycles. The Morgan fingerprint density at radius 2 is 0.779 bits per heavy atom. The number of Topliss-reactive ketones (excluding diaryl/α,β-unsaturated/α-hetero) is 1. The molecule has 15 aliphatic rings. The number of rotatable bonds is 24. The van der Waals surface area contributed by atoms with E-state index < -0.39 is 76.0 Å². The van der Waals surface area contributed by atoms with Gasteiger partial charge in [-0.05, 0) is 159 Å². The molecule has 28 heteroatoms. The number of hydrogen-bond acceptors (Lipinski definition) is 28. The number of ketones is 1. The standard InChI is InChI=1S/C16H22O7.C16H24O4.C15H20O7.C15H22O5.C14H20O5/c1-4-16(2,3)15(19)20-6-5-10(17)22-12-9-7-8-11(21-9)13(12)23-14(8)18;1-4-16(2,3)15(18)19-6-5-9-10-7-12(17)11-8-13(9)20-14(10)11;1-4-15(2,3)14(18)19-6-9(16)21-11-8-5-7-10(20-8)12(11)22-13(7)17;1-5-15(3,4)14(17)18-7(2)10-9-6-8-11(19-9)12(10)20-13(8)16;1-4-14(2,3)13(16)17-6-8-9-5-7-10(18-9)11(8)19-12(7)15/h8-9,11-13H,4-7H2,1-3H3;9-11,13-14H,4-8H2,1-3H3;7-8,10-12H,4-6H2,1-3H3;7-12H,5-6H2,1-4H3;7-11H,4-6H2,1-3H3. The molecular weight excluding hydrogens is 1360 g/mol. The van der Waals surface area contributed by atoms with Gasteiger partial charge in [-0.1, -0.05) is 34.6 Å². The van der Waals surface area contributed by atoms with Crippen molar-refractivity contribution in [3.8, 4) is 0 Å². The smallest absolute Gasteiger partial charge is 0.344 e. The van der Waals surface area contributed by atoms with E-state index in [0.29, 0.717) is 69.2 Å². The van der Waals surface area contributed by atoms with Gasteiger partial charge in [0.15, 0.2) is 31.0 Å². The first-order valence-electron chi connectivity index (χ1n) is 37.8. The Kier molecular flexibility index (Phi) is 23.0. The molecule has 0 aromatic carbocycles. The first-order valence-corrected chi connectivity index (χ1v) is 37.8. The summed E-state index contributed by atoms with van der Waals surface area (Å²) in [4.78, 5) is 142. The van der Waals surface area contributed by atoms with Gasteiger partial charge in [-0.25, -0.2) is 4.79 Å². The molecule has 0 N–H and O–H groups in total. The summed E-state index contributed by atoms with van der Waals surface area (Å²) in [5, 5.41) is 0. The molecule has 14 saturated heterocycles. The Balaban J connectivity index is 0.000000130. The molecule has 26 unspecified atom stereocenters. The van der Waals surface area contributed by atoms with Gasteiger partial charge in [0.1, 0.15) is 61.7 Å². The van der Waals surface area contributed by atoms with Crippen LogP contribution in [-0.4, -0.2) is 202 Å². The van der Waals surface area contributed by atoms with Gasteiger partial charge in [-0.15, -0.1) is 0 Å². The molecule has 15 rings (SSSR count). The van der Waals surface area contributed by atoms with E-state index in [1.165, 1.54) is 0 Å². The average Bonchev–Trinajstić information content (AvgIpc) is 1.59. The Morgan fingerprint density at radius 1 is 0.404 bits per heavy atom. The molecule has 28 nitrogen and oxygen atoms in total. The monoisotopic (exact) mass is 1470 g/mol. The first-order chi connectivity index (χ1) is 48.9. The Morgan fingerprint density at radius 3 is 1.30 bits per heavy atom. The maximum atomic E-state index is 12.2. The fourth-order valence-corrected chi connectivity index (χ4v) is 16.6. The molecule has 0 amide bonds. The lowest BCUT2D eigenvalue weighted by atomic mass is 9.78. The van der Waals surface area contributed by atoms with Crippen LogP contribution in [0.4, 0.5) is 0 Å². The van der Waals surface area contributed by atoms with Crippen molar-refractivity contribution in [1.82, 2.24) is 0 Å². The number of esters is 11. The summed E-state index contributed by atoms with van der Waals surface area (Å²) >= 11 is 0. The molecule has 15 fully saturated rings. The van der Waals surface area contributed by atoms with Crippen LogP contribution in [0, 0.1) is 80.3 Å². The van der Waals surface area contributed by atoms with Crippen LogP contribution < -0.4 is 0 Å². The molecule has 104 heavy (non-hydrogen) atoms. The van der Waals surface area contributed by atoms with E-state index in [1.807, 2.05) is 83.1 Å². The summed E-state index contributed by atoms with van der Waals surface area (Å²) < 4.78 is 87.2. The number of carbonyl (C=O) groups is 12. The predicted molar refractivity (Wildman–Crippen MR) is 356 cm³/mol. The fourth-order valence-electron chi connectivity index (χ4n) is 16.6. The van der Waals surface area contributed by atoms with Gasteiger partial charge in [0.25, 0.3) is 0 Å². The fraction of sp³-hybridized carbons (Fsp3) is 0.842. The average molecular weight is 1470 g/mol. The zero-order chi connectivity index (χ0) is 75.8. The first kappa shape index (κ1) is 78.7. The van der Waals surface area contributed by atoms with Crippen molar-refractivity contribution in [2.75, 3.05) is 26.4 Å². The van der Waals surface area contributed by atoms with Crippen molar-refractivity contribution in [3.63, 3.8) is 0 Å². The highest BCUT2D eigenvalue weighted by Gasteiger charge is 2.69. The summed E-state index contributed by atoms with van der Waals surface area (Å²) in [5.74, 6) is -2.60. The lowest BCUT2D eigenvalue weighted by molar-refractivity contribution is -0.172. The van der Waals surface area contributed by atoms with Crippen LogP contribution in [0.2, 0.25) is 0 Å². The highest BCUT2D eigenvalue weighted by Crippen LogP contribution is 2.56. The topological polar surface area (TPSA) is 353 Å².